The van der Waals surface area contributed by atoms with E-state index in [4.69, 9.17) is 11.6 Å². The zero-order valence-corrected chi connectivity index (χ0v) is 10.4. The number of halogens is 1. The molecule has 0 radical (unpaired) electrons. The van der Waals surface area contributed by atoms with E-state index in [0.29, 0.717) is 17.5 Å². The molecule has 0 amide bonds. The maximum Gasteiger partial charge on any atom is 0.163 e. The number of hydrogen-bond acceptors (Lipinski definition) is 4. The van der Waals surface area contributed by atoms with Gasteiger partial charge >= 0.3 is 0 Å². The van der Waals surface area contributed by atoms with Gasteiger partial charge in [0.25, 0.3) is 0 Å². The summed E-state index contributed by atoms with van der Waals surface area (Å²) in [5.41, 5.74) is 3.20. The highest BCUT2D eigenvalue weighted by molar-refractivity contribution is 6.29. The molecule has 0 saturated carbocycles. The summed E-state index contributed by atoms with van der Waals surface area (Å²) in [7, 11) is 0. The third-order valence-corrected chi connectivity index (χ3v) is 2.90. The summed E-state index contributed by atoms with van der Waals surface area (Å²) in [6.07, 6.45) is 5.37. The SMILES string of the molecule is O=[N+]([O-])NC1=CCCCN1Cc1ccc(Cl)nc1. The van der Waals surface area contributed by atoms with Gasteiger partial charge in [-0.3, -0.25) is 0 Å². The van der Waals surface area contributed by atoms with Crippen LogP contribution in [0, 0.1) is 10.1 Å². The molecule has 1 aliphatic heterocycles. The van der Waals surface area contributed by atoms with Crippen molar-refractivity contribution in [3.05, 3.63) is 51.1 Å². The Labute approximate surface area is 109 Å². The van der Waals surface area contributed by atoms with E-state index in [-0.39, 0.29) is 0 Å². The lowest BCUT2D eigenvalue weighted by molar-refractivity contribution is -0.538. The predicted octanol–water partition coefficient (Wildman–Crippen LogP) is 1.95. The Morgan fingerprint density at radius 3 is 3.06 bits per heavy atom. The molecular weight excluding hydrogens is 256 g/mol. The molecule has 1 N–H and O–H groups in total. The van der Waals surface area contributed by atoms with E-state index in [0.717, 1.165) is 24.9 Å². The first-order valence-electron chi connectivity index (χ1n) is 5.62. The molecule has 0 unspecified atom stereocenters. The maximum atomic E-state index is 10.5. The van der Waals surface area contributed by atoms with E-state index < -0.39 is 5.03 Å². The molecule has 96 valence electrons. The van der Waals surface area contributed by atoms with Gasteiger partial charge in [-0.05, 0) is 30.5 Å². The summed E-state index contributed by atoms with van der Waals surface area (Å²) < 4.78 is 0. The Kier molecular flexibility index (Phi) is 3.99. The number of hydrazine groups is 1. The fourth-order valence-electron chi connectivity index (χ4n) is 1.86. The minimum absolute atomic E-state index is 0.441. The van der Waals surface area contributed by atoms with Gasteiger partial charge in [0.05, 0.1) is 0 Å². The number of allylic oxidation sites excluding steroid dienone is 1. The van der Waals surface area contributed by atoms with Gasteiger partial charge in [0.1, 0.15) is 5.15 Å². The number of rotatable bonds is 4. The van der Waals surface area contributed by atoms with Crippen molar-refractivity contribution in [2.24, 2.45) is 0 Å². The van der Waals surface area contributed by atoms with Crippen molar-refractivity contribution in [2.45, 2.75) is 19.4 Å². The lowest BCUT2D eigenvalue weighted by Gasteiger charge is -2.28. The largest absolute Gasteiger partial charge is 0.350 e. The molecule has 6 nitrogen and oxygen atoms in total. The van der Waals surface area contributed by atoms with Crippen LogP contribution in [-0.4, -0.2) is 21.5 Å². The second-order valence-corrected chi connectivity index (χ2v) is 4.40. The first-order chi connectivity index (χ1) is 8.65. The van der Waals surface area contributed by atoms with Gasteiger partial charge in [-0.2, -0.15) is 0 Å². The van der Waals surface area contributed by atoms with Crippen molar-refractivity contribution >= 4 is 11.6 Å². The number of aromatic nitrogens is 1. The van der Waals surface area contributed by atoms with Crippen molar-refractivity contribution in [1.29, 1.82) is 0 Å². The van der Waals surface area contributed by atoms with Crippen LogP contribution in [0.1, 0.15) is 18.4 Å². The molecule has 1 aromatic rings. The van der Waals surface area contributed by atoms with Gasteiger partial charge in [-0.15, -0.1) is 0 Å². The average Bonchev–Trinajstić information content (AvgIpc) is 2.34. The molecule has 0 bridgehead atoms. The standard InChI is InChI=1S/C11H13ClN4O2/c12-10-5-4-9(7-13-10)8-15-6-2-1-3-11(15)14-16(17)18/h3-5,7,14H,1-2,6,8H2. The normalized spacial score (nSPS) is 15.2. The zero-order chi connectivity index (χ0) is 13.0. The van der Waals surface area contributed by atoms with Gasteiger partial charge in [0.15, 0.2) is 10.9 Å². The van der Waals surface area contributed by atoms with Crippen LogP contribution in [0.5, 0.6) is 0 Å². The molecular formula is C11H13ClN4O2. The molecule has 0 saturated heterocycles. The molecule has 0 atom stereocenters. The summed E-state index contributed by atoms with van der Waals surface area (Å²) in [4.78, 5) is 16.4. The van der Waals surface area contributed by atoms with Crippen molar-refractivity contribution < 1.29 is 5.03 Å². The second-order valence-electron chi connectivity index (χ2n) is 4.01. The molecule has 1 aliphatic rings. The second kappa shape index (κ2) is 5.68. The zero-order valence-electron chi connectivity index (χ0n) is 9.67. The van der Waals surface area contributed by atoms with Crippen LogP contribution in [0.2, 0.25) is 5.15 Å². The lowest BCUT2D eigenvalue weighted by atomic mass is 10.2. The lowest BCUT2D eigenvalue weighted by Crippen LogP contribution is -2.37. The van der Waals surface area contributed by atoms with Crippen LogP contribution in [0.4, 0.5) is 0 Å². The van der Waals surface area contributed by atoms with Crippen molar-refractivity contribution in [2.75, 3.05) is 6.54 Å². The van der Waals surface area contributed by atoms with E-state index in [1.165, 1.54) is 0 Å². The van der Waals surface area contributed by atoms with E-state index in [9.17, 15) is 10.1 Å². The molecule has 2 rings (SSSR count). The summed E-state index contributed by atoms with van der Waals surface area (Å²) in [6, 6.07) is 3.58. The fraction of sp³-hybridized carbons (Fsp3) is 0.364. The monoisotopic (exact) mass is 268 g/mol. The Bertz CT molecular complexity index is 461. The first-order valence-corrected chi connectivity index (χ1v) is 5.99. The Balaban J connectivity index is 2.06. The quantitative estimate of drug-likeness (QED) is 0.513. The molecule has 7 heteroatoms. The van der Waals surface area contributed by atoms with Crippen LogP contribution in [0.3, 0.4) is 0 Å². The van der Waals surface area contributed by atoms with Gasteiger partial charge in [-0.25, -0.2) is 15.1 Å². The number of pyridine rings is 1. The van der Waals surface area contributed by atoms with E-state index in [2.05, 4.69) is 10.4 Å². The Morgan fingerprint density at radius 2 is 2.39 bits per heavy atom. The summed E-state index contributed by atoms with van der Waals surface area (Å²) in [5.74, 6) is 0.543. The minimum Gasteiger partial charge on any atom is -0.350 e. The Hall–Kier alpha value is -1.82. The number of nitrogens with one attached hydrogen (secondary N) is 1. The molecule has 0 spiro atoms. The summed E-state index contributed by atoms with van der Waals surface area (Å²) >= 11 is 5.71. The third-order valence-electron chi connectivity index (χ3n) is 2.68. The van der Waals surface area contributed by atoms with Crippen LogP contribution in [-0.2, 0) is 6.54 Å². The van der Waals surface area contributed by atoms with Crippen molar-refractivity contribution in [1.82, 2.24) is 15.3 Å². The van der Waals surface area contributed by atoms with Crippen molar-refractivity contribution in [3.8, 4) is 0 Å². The Morgan fingerprint density at radius 1 is 1.56 bits per heavy atom. The minimum atomic E-state index is -0.537. The van der Waals surface area contributed by atoms with E-state index in [1.807, 2.05) is 17.0 Å². The predicted molar refractivity (Wildman–Crippen MR) is 67.1 cm³/mol. The number of nitrogens with zero attached hydrogens (tertiary/aromatic N) is 3. The van der Waals surface area contributed by atoms with Gasteiger partial charge < -0.3 is 4.90 Å². The molecule has 18 heavy (non-hydrogen) atoms. The molecule has 0 aliphatic carbocycles. The van der Waals surface area contributed by atoms with Crippen LogP contribution < -0.4 is 5.43 Å². The summed E-state index contributed by atoms with van der Waals surface area (Å²) in [5, 5.41) is 10.4. The smallest absolute Gasteiger partial charge is 0.163 e. The van der Waals surface area contributed by atoms with Crippen LogP contribution in [0.15, 0.2) is 30.2 Å². The summed E-state index contributed by atoms with van der Waals surface area (Å²) in [6.45, 7) is 1.37. The average molecular weight is 269 g/mol. The topological polar surface area (TPSA) is 71.3 Å². The van der Waals surface area contributed by atoms with Crippen molar-refractivity contribution in [3.63, 3.8) is 0 Å². The first kappa shape index (κ1) is 12.6. The van der Waals surface area contributed by atoms with E-state index in [1.54, 1.807) is 12.3 Å². The number of nitro groups is 1. The van der Waals surface area contributed by atoms with Gasteiger partial charge in [-0.1, -0.05) is 23.1 Å². The van der Waals surface area contributed by atoms with Crippen LogP contribution in [0.25, 0.3) is 0 Å². The highest BCUT2D eigenvalue weighted by Gasteiger charge is 2.17. The van der Waals surface area contributed by atoms with Gasteiger partial charge in [0.2, 0.25) is 0 Å². The molecule has 1 aromatic heterocycles. The maximum absolute atomic E-state index is 10.5. The third kappa shape index (κ3) is 3.33. The molecule has 0 aromatic carbocycles. The highest BCUT2D eigenvalue weighted by atomic mass is 35.5. The molecule has 0 fully saturated rings. The fourth-order valence-corrected chi connectivity index (χ4v) is 1.98. The van der Waals surface area contributed by atoms with E-state index >= 15 is 0 Å². The molecule has 2 heterocycles. The van der Waals surface area contributed by atoms with Gasteiger partial charge in [0, 0.05) is 19.3 Å². The number of hydrogen-bond donors (Lipinski definition) is 1. The highest BCUT2D eigenvalue weighted by Crippen LogP contribution is 2.16. The van der Waals surface area contributed by atoms with Crippen LogP contribution >= 0.6 is 11.6 Å².